The Kier molecular flexibility index (Phi) is 3.81. The summed E-state index contributed by atoms with van der Waals surface area (Å²) in [6.07, 6.45) is 3.28. The molecule has 0 fully saturated rings. The number of hydrogen-bond donors (Lipinski definition) is 0. The second kappa shape index (κ2) is 5.77. The van der Waals surface area contributed by atoms with Gasteiger partial charge in [-0.3, -0.25) is 4.79 Å². The van der Waals surface area contributed by atoms with Crippen molar-refractivity contribution in [2.24, 2.45) is 4.99 Å². The molecule has 0 bridgehead atoms. The van der Waals surface area contributed by atoms with Crippen LogP contribution in [0.5, 0.6) is 0 Å². The molecule has 0 saturated heterocycles. The van der Waals surface area contributed by atoms with Gasteiger partial charge in [-0.1, -0.05) is 23.5 Å². The standard InChI is InChI=1S/C17H16N2O2S/c1-4-7-19-13-10-11(2)9-12(3)15(13)22-17(19)18-16(20)14-6-5-8-21-14/h4-6,8-10H,1,7H2,2-3H3. The Labute approximate surface area is 132 Å². The minimum atomic E-state index is -0.372. The number of amides is 1. The highest BCUT2D eigenvalue weighted by Gasteiger charge is 2.11. The van der Waals surface area contributed by atoms with E-state index in [1.165, 1.54) is 28.7 Å². The molecular formula is C17H16N2O2S. The highest BCUT2D eigenvalue weighted by molar-refractivity contribution is 7.16. The van der Waals surface area contributed by atoms with E-state index in [0.717, 1.165) is 10.2 Å². The monoisotopic (exact) mass is 312 g/mol. The summed E-state index contributed by atoms with van der Waals surface area (Å²) in [7, 11) is 0. The van der Waals surface area contributed by atoms with Crippen LogP contribution in [0.2, 0.25) is 0 Å². The third-order valence-electron chi connectivity index (χ3n) is 3.36. The van der Waals surface area contributed by atoms with Crippen LogP contribution in [0.15, 0.2) is 52.6 Å². The number of nitrogens with zero attached hydrogens (tertiary/aromatic N) is 2. The first kappa shape index (κ1) is 14.5. The molecule has 2 heterocycles. The van der Waals surface area contributed by atoms with Gasteiger partial charge >= 0.3 is 5.91 Å². The van der Waals surface area contributed by atoms with E-state index in [0.29, 0.717) is 11.3 Å². The molecule has 0 saturated carbocycles. The lowest BCUT2D eigenvalue weighted by atomic mass is 10.1. The smallest absolute Gasteiger partial charge is 0.315 e. The van der Waals surface area contributed by atoms with Crippen molar-refractivity contribution in [2.45, 2.75) is 20.4 Å². The lowest BCUT2D eigenvalue weighted by molar-refractivity contribution is 0.0971. The van der Waals surface area contributed by atoms with E-state index in [2.05, 4.69) is 37.6 Å². The average Bonchev–Trinajstić information content (AvgIpc) is 3.09. The Balaban J connectivity index is 2.24. The number of allylic oxidation sites excluding steroid dienone is 1. The molecule has 3 rings (SSSR count). The number of carbonyl (C=O) groups excluding carboxylic acids is 1. The Morgan fingerprint density at radius 2 is 2.27 bits per heavy atom. The van der Waals surface area contributed by atoms with Gasteiger partial charge in [0.1, 0.15) is 0 Å². The normalized spacial score (nSPS) is 12.0. The number of furan rings is 1. The van der Waals surface area contributed by atoms with Gasteiger partial charge in [0, 0.05) is 6.54 Å². The highest BCUT2D eigenvalue weighted by Crippen LogP contribution is 2.23. The van der Waals surface area contributed by atoms with E-state index < -0.39 is 0 Å². The second-order valence-corrected chi connectivity index (χ2v) is 6.09. The highest BCUT2D eigenvalue weighted by atomic mass is 32.1. The second-order valence-electron chi connectivity index (χ2n) is 5.11. The van der Waals surface area contributed by atoms with Crippen LogP contribution in [-0.2, 0) is 6.54 Å². The molecule has 0 unspecified atom stereocenters. The predicted molar refractivity (Wildman–Crippen MR) is 88.1 cm³/mol. The molecule has 1 amide bonds. The molecule has 22 heavy (non-hydrogen) atoms. The van der Waals surface area contributed by atoms with Crippen LogP contribution >= 0.6 is 11.3 Å². The zero-order valence-electron chi connectivity index (χ0n) is 12.5. The SMILES string of the molecule is C=CCn1c(=NC(=O)c2ccco2)sc2c(C)cc(C)cc21. The molecule has 0 atom stereocenters. The molecule has 0 aliphatic rings. The van der Waals surface area contributed by atoms with E-state index in [-0.39, 0.29) is 11.7 Å². The van der Waals surface area contributed by atoms with Crippen molar-refractivity contribution >= 4 is 27.5 Å². The fraction of sp³-hybridized carbons (Fsp3) is 0.176. The summed E-state index contributed by atoms with van der Waals surface area (Å²) in [6, 6.07) is 7.54. The molecule has 5 heteroatoms. The Hall–Kier alpha value is -2.40. The van der Waals surface area contributed by atoms with E-state index in [9.17, 15) is 4.79 Å². The number of aromatic nitrogens is 1. The van der Waals surface area contributed by atoms with Gasteiger partial charge < -0.3 is 8.98 Å². The van der Waals surface area contributed by atoms with E-state index >= 15 is 0 Å². The summed E-state index contributed by atoms with van der Waals surface area (Å²) in [5.41, 5.74) is 3.45. The largest absolute Gasteiger partial charge is 0.459 e. The molecule has 0 spiro atoms. The fourth-order valence-corrected chi connectivity index (χ4v) is 3.53. The maximum atomic E-state index is 12.2. The van der Waals surface area contributed by atoms with Gasteiger partial charge in [-0.15, -0.1) is 6.58 Å². The molecule has 0 aliphatic heterocycles. The van der Waals surface area contributed by atoms with E-state index in [1.807, 2.05) is 4.57 Å². The number of thiazole rings is 1. The van der Waals surface area contributed by atoms with E-state index in [4.69, 9.17) is 4.42 Å². The number of rotatable bonds is 3. The summed E-state index contributed by atoms with van der Waals surface area (Å²) < 4.78 is 8.26. The number of hydrogen-bond acceptors (Lipinski definition) is 3. The number of aryl methyl sites for hydroxylation is 2. The van der Waals surface area contributed by atoms with Crippen LogP contribution in [0, 0.1) is 13.8 Å². The summed E-state index contributed by atoms with van der Waals surface area (Å²) in [5.74, 6) is -0.126. The zero-order chi connectivity index (χ0) is 15.7. The molecular weight excluding hydrogens is 296 g/mol. The van der Waals surface area contributed by atoms with Gasteiger partial charge in [0.05, 0.1) is 16.5 Å². The first-order valence-electron chi connectivity index (χ1n) is 6.94. The first-order valence-corrected chi connectivity index (χ1v) is 7.76. The van der Waals surface area contributed by atoms with Crippen LogP contribution in [0.1, 0.15) is 21.7 Å². The quantitative estimate of drug-likeness (QED) is 0.690. The van der Waals surface area contributed by atoms with Crippen molar-refractivity contribution in [3.05, 3.63) is 64.9 Å². The van der Waals surface area contributed by atoms with Crippen molar-refractivity contribution in [3.63, 3.8) is 0 Å². The molecule has 1 aromatic carbocycles. The van der Waals surface area contributed by atoms with Crippen LogP contribution in [0.4, 0.5) is 0 Å². The fourth-order valence-electron chi connectivity index (χ4n) is 2.45. The van der Waals surface area contributed by atoms with Crippen molar-refractivity contribution < 1.29 is 9.21 Å². The molecule has 3 aromatic rings. The third kappa shape index (κ3) is 2.55. The van der Waals surface area contributed by atoms with Gasteiger partial charge in [-0.25, -0.2) is 0 Å². The van der Waals surface area contributed by atoms with Crippen molar-refractivity contribution in [2.75, 3.05) is 0 Å². The summed E-state index contributed by atoms with van der Waals surface area (Å²) in [6.45, 7) is 8.53. The van der Waals surface area contributed by atoms with Crippen LogP contribution in [0.25, 0.3) is 10.2 Å². The first-order chi connectivity index (χ1) is 10.6. The van der Waals surface area contributed by atoms with Crippen molar-refractivity contribution in [1.82, 2.24) is 4.57 Å². The Morgan fingerprint density at radius 1 is 1.45 bits per heavy atom. The minimum Gasteiger partial charge on any atom is -0.459 e. The van der Waals surface area contributed by atoms with E-state index in [1.54, 1.807) is 18.2 Å². The van der Waals surface area contributed by atoms with Crippen LogP contribution in [-0.4, -0.2) is 10.5 Å². The summed E-state index contributed by atoms with van der Waals surface area (Å²) in [5, 5.41) is 0. The number of carbonyl (C=O) groups is 1. The van der Waals surface area contributed by atoms with Crippen molar-refractivity contribution in [1.29, 1.82) is 0 Å². The number of fused-ring (bicyclic) bond motifs is 1. The Morgan fingerprint density at radius 3 is 2.95 bits per heavy atom. The summed E-state index contributed by atoms with van der Waals surface area (Å²) >= 11 is 1.51. The maximum Gasteiger partial charge on any atom is 0.315 e. The molecule has 0 N–H and O–H groups in total. The average molecular weight is 312 g/mol. The third-order valence-corrected chi connectivity index (χ3v) is 4.58. The minimum absolute atomic E-state index is 0.246. The van der Waals surface area contributed by atoms with Crippen LogP contribution < -0.4 is 4.80 Å². The van der Waals surface area contributed by atoms with Gasteiger partial charge in [0.25, 0.3) is 0 Å². The Bertz CT molecular complexity index is 914. The topological polar surface area (TPSA) is 47.5 Å². The maximum absolute atomic E-state index is 12.2. The summed E-state index contributed by atoms with van der Waals surface area (Å²) in [4.78, 5) is 17.1. The van der Waals surface area contributed by atoms with Gasteiger partial charge in [-0.2, -0.15) is 4.99 Å². The molecule has 112 valence electrons. The zero-order valence-corrected chi connectivity index (χ0v) is 13.3. The molecule has 2 aromatic heterocycles. The van der Waals surface area contributed by atoms with Crippen molar-refractivity contribution in [3.8, 4) is 0 Å². The van der Waals surface area contributed by atoms with Gasteiger partial charge in [0.2, 0.25) is 0 Å². The molecule has 4 nitrogen and oxygen atoms in total. The molecule has 0 aliphatic carbocycles. The lowest BCUT2D eigenvalue weighted by Crippen LogP contribution is -2.16. The number of benzene rings is 1. The lowest BCUT2D eigenvalue weighted by Gasteiger charge is -2.03. The van der Waals surface area contributed by atoms with Gasteiger partial charge in [0.15, 0.2) is 10.6 Å². The van der Waals surface area contributed by atoms with Crippen LogP contribution in [0.3, 0.4) is 0 Å². The predicted octanol–water partition coefficient (Wildman–Crippen LogP) is 3.84. The van der Waals surface area contributed by atoms with Gasteiger partial charge in [-0.05, 0) is 43.2 Å². The molecule has 0 radical (unpaired) electrons.